The summed E-state index contributed by atoms with van der Waals surface area (Å²) in [6.07, 6.45) is 3.15. The van der Waals surface area contributed by atoms with Crippen LogP contribution in [0.15, 0.2) is 36.5 Å². The highest BCUT2D eigenvalue weighted by Crippen LogP contribution is 2.30. The molecule has 5 rings (SSSR count). The van der Waals surface area contributed by atoms with Crippen LogP contribution in [0.2, 0.25) is 0 Å². The maximum atomic E-state index is 12.2. The zero-order valence-electron chi connectivity index (χ0n) is 15.2. The molecule has 1 saturated heterocycles. The van der Waals surface area contributed by atoms with Gasteiger partial charge in [0.25, 0.3) is 0 Å². The van der Waals surface area contributed by atoms with Crippen LogP contribution < -0.4 is 11.1 Å². The van der Waals surface area contributed by atoms with E-state index in [2.05, 4.69) is 25.5 Å². The highest BCUT2D eigenvalue weighted by molar-refractivity contribution is 6.08. The van der Waals surface area contributed by atoms with Gasteiger partial charge in [0, 0.05) is 34.8 Å². The predicted molar refractivity (Wildman–Crippen MR) is 106 cm³/mol. The van der Waals surface area contributed by atoms with Crippen molar-refractivity contribution in [2.24, 2.45) is 0 Å². The van der Waals surface area contributed by atoms with Gasteiger partial charge in [0.2, 0.25) is 5.91 Å². The van der Waals surface area contributed by atoms with Gasteiger partial charge in [-0.05, 0) is 31.0 Å². The molecule has 0 saturated carbocycles. The summed E-state index contributed by atoms with van der Waals surface area (Å²) >= 11 is 0. The number of aromatic amines is 2. The highest BCUT2D eigenvalue weighted by atomic mass is 16.5. The van der Waals surface area contributed by atoms with Gasteiger partial charge in [-0.15, -0.1) is 0 Å². The maximum Gasteiger partial charge on any atom is 0.249 e. The third-order valence-corrected chi connectivity index (χ3v) is 5.13. The van der Waals surface area contributed by atoms with Gasteiger partial charge in [0.1, 0.15) is 11.9 Å². The zero-order chi connectivity index (χ0) is 19.1. The minimum Gasteiger partial charge on any atom is -0.383 e. The van der Waals surface area contributed by atoms with E-state index in [0.29, 0.717) is 19.0 Å². The second-order valence-corrected chi connectivity index (χ2v) is 6.99. The summed E-state index contributed by atoms with van der Waals surface area (Å²) in [5.41, 5.74) is 10.6. The Kier molecular flexibility index (Phi) is 3.98. The minimum absolute atomic E-state index is 0.0734. The fourth-order valence-electron chi connectivity index (χ4n) is 3.71. The molecule has 3 aromatic heterocycles. The van der Waals surface area contributed by atoms with Crippen LogP contribution in [-0.2, 0) is 16.1 Å². The fraction of sp³-hybridized carbons (Fsp3) is 0.250. The van der Waals surface area contributed by atoms with Crippen LogP contribution in [0.1, 0.15) is 18.5 Å². The molecule has 1 atom stereocenters. The van der Waals surface area contributed by atoms with Crippen molar-refractivity contribution in [2.45, 2.75) is 25.5 Å². The third-order valence-electron chi connectivity index (χ3n) is 5.13. The molecular formula is C20H20N6O2. The molecular weight excluding hydrogens is 356 g/mol. The molecule has 5 N–H and O–H groups in total. The van der Waals surface area contributed by atoms with Crippen LogP contribution in [-0.4, -0.2) is 38.8 Å². The first-order chi connectivity index (χ1) is 13.7. The molecule has 8 heteroatoms. The molecule has 8 nitrogen and oxygen atoms in total. The summed E-state index contributed by atoms with van der Waals surface area (Å²) in [6.45, 7) is 1.04. The van der Waals surface area contributed by atoms with E-state index in [1.807, 2.05) is 30.3 Å². The van der Waals surface area contributed by atoms with Gasteiger partial charge < -0.3 is 20.8 Å². The number of pyridine rings is 1. The van der Waals surface area contributed by atoms with E-state index in [1.54, 1.807) is 6.20 Å². The van der Waals surface area contributed by atoms with Crippen molar-refractivity contribution >= 4 is 33.5 Å². The second-order valence-electron chi connectivity index (χ2n) is 6.99. The van der Waals surface area contributed by atoms with E-state index in [1.165, 1.54) is 0 Å². The number of fused-ring (bicyclic) bond motifs is 3. The van der Waals surface area contributed by atoms with E-state index >= 15 is 0 Å². The average Bonchev–Trinajstić information content (AvgIpc) is 3.47. The van der Waals surface area contributed by atoms with Gasteiger partial charge in [0.15, 0.2) is 0 Å². The molecule has 0 bridgehead atoms. The highest BCUT2D eigenvalue weighted by Gasteiger charge is 2.23. The molecule has 1 amide bonds. The normalized spacial score (nSPS) is 16.8. The Balaban J connectivity index is 1.47. The zero-order valence-corrected chi connectivity index (χ0v) is 15.2. The number of carbonyl (C=O) groups is 1. The summed E-state index contributed by atoms with van der Waals surface area (Å²) in [5, 5.41) is 11.8. The number of anilines is 1. The van der Waals surface area contributed by atoms with Gasteiger partial charge in [-0.25, -0.2) is 4.98 Å². The molecule has 1 unspecified atom stereocenters. The quantitative estimate of drug-likeness (QED) is 0.436. The first-order valence-corrected chi connectivity index (χ1v) is 9.29. The number of ether oxygens (including phenoxy) is 1. The Bertz CT molecular complexity index is 1160. The van der Waals surface area contributed by atoms with E-state index in [0.717, 1.165) is 51.6 Å². The Labute approximate surface area is 160 Å². The number of H-pyrrole nitrogens is 2. The first kappa shape index (κ1) is 16.8. The number of rotatable bonds is 4. The molecule has 1 aliphatic heterocycles. The number of hydrogen-bond acceptors (Lipinski definition) is 5. The van der Waals surface area contributed by atoms with Gasteiger partial charge in [-0.3, -0.25) is 9.89 Å². The molecule has 1 aliphatic rings. The lowest BCUT2D eigenvalue weighted by Crippen LogP contribution is -2.33. The minimum atomic E-state index is -0.336. The van der Waals surface area contributed by atoms with E-state index in [9.17, 15) is 4.79 Å². The standard InChI is InChI=1S/C20H20N6O2/c21-19-14-9-12(10-22-20(27)17-2-1-7-28-17)24-18(14)13-4-3-11(8-16(13)25-19)15-5-6-23-26-15/h3-6,8-9,17,24H,1-2,7,10H2,(H2,21,25)(H,22,27)(H,23,26). The number of nitrogens with zero attached hydrogens (tertiary/aromatic N) is 2. The monoisotopic (exact) mass is 376 g/mol. The summed E-state index contributed by atoms with van der Waals surface area (Å²) < 4.78 is 5.42. The molecule has 0 aliphatic carbocycles. The lowest BCUT2D eigenvalue weighted by Gasteiger charge is -2.09. The van der Waals surface area contributed by atoms with Crippen molar-refractivity contribution in [1.29, 1.82) is 0 Å². The van der Waals surface area contributed by atoms with Crippen molar-refractivity contribution in [1.82, 2.24) is 25.5 Å². The van der Waals surface area contributed by atoms with Gasteiger partial charge in [-0.1, -0.05) is 12.1 Å². The van der Waals surface area contributed by atoms with Crippen LogP contribution >= 0.6 is 0 Å². The van der Waals surface area contributed by atoms with Crippen LogP contribution in [0.4, 0.5) is 5.82 Å². The maximum absolute atomic E-state index is 12.2. The van der Waals surface area contributed by atoms with Crippen molar-refractivity contribution in [3.8, 4) is 11.3 Å². The van der Waals surface area contributed by atoms with Crippen LogP contribution in [0.25, 0.3) is 33.1 Å². The second kappa shape index (κ2) is 6.65. The number of carbonyl (C=O) groups excluding carboxylic acids is 1. The number of amides is 1. The Morgan fingerprint density at radius 2 is 2.21 bits per heavy atom. The first-order valence-electron chi connectivity index (χ1n) is 9.29. The third kappa shape index (κ3) is 2.87. The van der Waals surface area contributed by atoms with E-state index in [-0.39, 0.29) is 12.0 Å². The molecule has 0 radical (unpaired) electrons. The van der Waals surface area contributed by atoms with Crippen LogP contribution in [0.3, 0.4) is 0 Å². The molecule has 4 aromatic rings. The van der Waals surface area contributed by atoms with Gasteiger partial charge in [0.05, 0.1) is 23.3 Å². The average molecular weight is 376 g/mol. The topological polar surface area (TPSA) is 122 Å². The van der Waals surface area contributed by atoms with Crippen molar-refractivity contribution in [3.63, 3.8) is 0 Å². The smallest absolute Gasteiger partial charge is 0.249 e. The number of benzene rings is 1. The molecule has 28 heavy (non-hydrogen) atoms. The summed E-state index contributed by atoms with van der Waals surface area (Å²) in [5.74, 6) is 0.380. The largest absolute Gasteiger partial charge is 0.383 e. The summed E-state index contributed by atoms with van der Waals surface area (Å²) in [4.78, 5) is 20.1. The molecule has 142 valence electrons. The van der Waals surface area contributed by atoms with Crippen molar-refractivity contribution in [2.75, 3.05) is 12.3 Å². The number of hydrogen-bond donors (Lipinski definition) is 4. The molecule has 1 aromatic carbocycles. The number of nitrogens with two attached hydrogens (primary N) is 1. The molecule has 4 heterocycles. The SMILES string of the molecule is Nc1nc2cc(-c3cc[nH]n3)ccc2c2[nH]c(CNC(=O)C3CCCO3)cc12. The number of nitrogen functional groups attached to an aromatic ring is 1. The summed E-state index contributed by atoms with van der Waals surface area (Å²) in [6, 6.07) is 9.84. The number of aromatic nitrogens is 4. The van der Waals surface area contributed by atoms with Crippen molar-refractivity contribution in [3.05, 3.63) is 42.2 Å². The van der Waals surface area contributed by atoms with Crippen molar-refractivity contribution < 1.29 is 9.53 Å². The van der Waals surface area contributed by atoms with Gasteiger partial charge >= 0.3 is 0 Å². The lowest BCUT2D eigenvalue weighted by atomic mass is 10.1. The van der Waals surface area contributed by atoms with E-state index < -0.39 is 0 Å². The lowest BCUT2D eigenvalue weighted by molar-refractivity contribution is -0.130. The fourth-order valence-corrected chi connectivity index (χ4v) is 3.71. The van der Waals surface area contributed by atoms with Crippen LogP contribution in [0, 0.1) is 0 Å². The summed E-state index contributed by atoms with van der Waals surface area (Å²) in [7, 11) is 0. The Morgan fingerprint density at radius 3 is 3.00 bits per heavy atom. The van der Waals surface area contributed by atoms with E-state index in [4.69, 9.17) is 10.5 Å². The Morgan fingerprint density at radius 1 is 1.29 bits per heavy atom. The van der Waals surface area contributed by atoms with Crippen LogP contribution in [0.5, 0.6) is 0 Å². The number of nitrogens with one attached hydrogen (secondary N) is 3. The van der Waals surface area contributed by atoms with Gasteiger partial charge in [-0.2, -0.15) is 5.10 Å². The molecule has 0 spiro atoms. The molecule has 1 fully saturated rings. The predicted octanol–water partition coefficient (Wildman–Crippen LogP) is 2.48. The Hall–Kier alpha value is -3.39.